The Morgan fingerprint density at radius 1 is 1.31 bits per heavy atom. The Balaban J connectivity index is 2.69. The zero-order valence-corrected chi connectivity index (χ0v) is 10.3. The van der Waals surface area contributed by atoms with Crippen molar-refractivity contribution in [3.8, 4) is 5.75 Å². The van der Waals surface area contributed by atoms with E-state index in [0.29, 0.717) is 5.75 Å². The van der Waals surface area contributed by atoms with Gasteiger partial charge in [-0.15, -0.1) is 0 Å². The maximum atomic E-state index is 11.7. The summed E-state index contributed by atoms with van der Waals surface area (Å²) in [7, 11) is 0. The molecule has 16 heavy (non-hydrogen) atoms. The van der Waals surface area contributed by atoms with Crippen LogP contribution in [0.4, 0.5) is 0 Å². The van der Waals surface area contributed by atoms with Crippen LogP contribution in [0.1, 0.15) is 39.2 Å². The van der Waals surface area contributed by atoms with Gasteiger partial charge in [0.25, 0.3) is 0 Å². The minimum atomic E-state index is -0.122. The van der Waals surface area contributed by atoms with Crippen LogP contribution in [-0.2, 0) is 11.2 Å². The van der Waals surface area contributed by atoms with Crippen molar-refractivity contribution in [1.29, 1.82) is 0 Å². The van der Waals surface area contributed by atoms with Crippen LogP contribution in [0.25, 0.3) is 0 Å². The van der Waals surface area contributed by atoms with E-state index in [2.05, 4.69) is 13.8 Å². The Hall–Kier alpha value is -1.31. The van der Waals surface area contributed by atoms with Crippen LogP contribution in [0.5, 0.6) is 5.75 Å². The lowest BCUT2D eigenvalue weighted by Crippen LogP contribution is -2.18. The van der Waals surface area contributed by atoms with Gasteiger partial charge in [0.15, 0.2) is 0 Å². The largest absolute Gasteiger partial charge is 0.426 e. The minimum absolute atomic E-state index is 0.0186. The van der Waals surface area contributed by atoms with Gasteiger partial charge < -0.3 is 4.74 Å². The van der Waals surface area contributed by atoms with Crippen molar-refractivity contribution < 1.29 is 9.53 Å². The van der Waals surface area contributed by atoms with E-state index in [4.69, 9.17) is 4.74 Å². The first-order valence-corrected chi connectivity index (χ1v) is 5.98. The molecule has 1 unspecified atom stereocenters. The Labute approximate surface area is 97.6 Å². The molecule has 0 aliphatic rings. The number of para-hydroxylation sites is 1. The van der Waals surface area contributed by atoms with Crippen LogP contribution >= 0.6 is 0 Å². The second kappa shape index (κ2) is 6.31. The lowest BCUT2D eigenvalue weighted by atomic mass is 10.1. The molecule has 0 heterocycles. The molecule has 1 aromatic rings. The maximum absolute atomic E-state index is 11.7. The molecular weight excluding hydrogens is 200 g/mol. The standard InChI is InChI=1S/C14H20O2/c1-4-8-11(3)14(15)16-13-10-7-6-9-12(13)5-2/h6-7,9-11H,4-5,8H2,1-3H3. The molecule has 0 radical (unpaired) electrons. The summed E-state index contributed by atoms with van der Waals surface area (Å²) < 4.78 is 5.41. The van der Waals surface area contributed by atoms with E-state index in [1.165, 1.54) is 0 Å². The van der Waals surface area contributed by atoms with Crippen LogP contribution in [0, 0.1) is 5.92 Å². The number of esters is 1. The first-order chi connectivity index (χ1) is 7.69. The van der Waals surface area contributed by atoms with Crippen LogP contribution in [-0.4, -0.2) is 5.97 Å². The number of carbonyl (C=O) groups is 1. The van der Waals surface area contributed by atoms with Gasteiger partial charge in [0.1, 0.15) is 5.75 Å². The summed E-state index contributed by atoms with van der Waals surface area (Å²) in [6.07, 6.45) is 2.77. The third-order valence-electron chi connectivity index (χ3n) is 2.69. The molecule has 0 N–H and O–H groups in total. The summed E-state index contributed by atoms with van der Waals surface area (Å²) in [5.74, 6) is 0.565. The highest BCUT2D eigenvalue weighted by molar-refractivity contribution is 5.75. The molecule has 0 saturated heterocycles. The van der Waals surface area contributed by atoms with Gasteiger partial charge >= 0.3 is 5.97 Å². The Morgan fingerprint density at radius 3 is 2.62 bits per heavy atom. The predicted octanol–water partition coefficient (Wildman–Crippen LogP) is 3.59. The molecule has 0 spiro atoms. The van der Waals surface area contributed by atoms with Crippen molar-refractivity contribution in [3.05, 3.63) is 29.8 Å². The number of hydrogen-bond donors (Lipinski definition) is 0. The Kier molecular flexibility index (Phi) is 5.03. The predicted molar refractivity (Wildman–Crippen MR) is 65.5 cm³/mol. The van der Waals surface area contributed by atoms with Gasteiger partial charge in [-0.1, -0.05) is 45.4 Å². The molecule has 0 aliphatic heterocycles. The fraction of sp³-hybridized carbons (Fsp3) is 0.500. The summed E-state index contributed by atoms with van der Waals surface area (Å²) >= 11 is 0. The zero-order chi connectivity index (χ0) is 12.0. The van der Waals surface area contributed by atoms with E-state index in [1.54, 1.807) is 0 Å². The number of rotatable bonds is 5. The van der Waals surface area contributed by atoms with E-state index in [-0.39, 0.29) is 11.9 Å². The van der Waals surface area contributed by atoms with Gasteiger partial charge in [0.05, 0.1) is 5.92 Å². The van der Waals surface area contributed by atoms with Crippen LogP contribution in [0.15, 0.2) is 24.3 Å². The Morgan fingerprint density at radius 2 is 2.00 bits per heavy atom. The fourth-order valence-corrected chi connectivity index (χ4v) is 1.66. The topological polar surface area (TPSA) is 26.3 Å². The zero-order valence-electron chi connectivity index (χ0n) is 10.3. The van der Waals surface area contributed by atoms with Crippen molar-refractivity contribution in [2.75, 3.05) is 0 Å². The van der Waals surface area contributed by atoms with Gasteiger partial charge in [-0.2, -0.15) is 0 Å². The summed E-state index contributed by atoms with van der Waals surface area (Å²) in [5.41, 5.74) is 1.08. The molecule has 1 atom stereocenters. The quantitative estimate of drug-likeness (QED) is 0.560. The van der Waals surface area contributed by atoms with E-state index >= 15 is 0 Å². The van der Waals surface area contributed by atoms with Gasteiger partial charge in [-0.25, -0.2) is 0 Å². The molecule has 0 fully saturated rings. The highest BCUT2D eigenvalue weighted by Gasteiger charge is 2.15. The molecule has 1 rings (SSSR count). The number of benzene rings is 1. The van der Waals surface area contributed by atoms with Crippen LogP contribution in [0.3, 0.4) is 0 Å². The second-order valence-electron chi connectivity index (χ2n) is 4.07. The number of aryl methyl sites for hydroxylation is 1. The lowest BCUT2D eigenvalue weighted by molar-refractivity contribution is -0.138. The van der Waals surface area contributed by atoms with Gasteiger partial charge in [0.2, 0.25) is 0 Å². The molecule has 0 saturated carbocycles. The molecule has 0 aliphatic carbocycles. The monoisotopic (exact) mass is 220 g/mol. The molecular formula is C14H20O2. The third-order valence-corrected chi connectivity index (χ3v) is 2.69. The SMILES string of the molecule is CCCC(C)C(=O)Oc1ccccc1CC. The van der Waals surface area contributed by atoms with E-state index in [0.717, 1.165) is 24.8 Å². The smallest absolute Gasteiger partial charge is 0.314 e. The van der Waals surface area contributed by atoms with Crippen molar-refractivity contribution in [3.63, 3.8) is 0 Å². The molecule has 2 nitrogen and oxygen atoms in total. The average Bonchev–Trinajstić information content (AvgIpc) is 2.30. The molecule has 2 heteroatoms. The van der Waals surface area contributed by atoms with Gasteiger partial charge in [-0.05, 0) is 24.5 Å². The fourth-order valence-electron chi connectivity index (χ4n) is 1.66. The number of ether oxygens (including phenoxy) is 1. The van der Waals surface area contributed by atoms with Crippen LogP contribution in [0.2, 0.25) is 0 Å². The summed E-state index contributed by atoms with van der Waals surface area (Å²) in [6, 6.07) is 7.71. The summed E-state index contributed by atoms with van der Waals surface area (Å²) in [4.78, 5) is 11.7. The van der Waals surface area contributed by atoms with Crippen molar-refractivity contribution in [1.82, 2.24) is 0 Å². The van der Waals surface area contributed by atoms with Crippen molar-refractivity contribution in [2.45, 2.75) is 40.0 Å². The molecule has 1 aromatic carbocycles. The molecule has 0 bridgehead atoms. The first-order valence-electron chi connectivity index (χ1n) is 5.98. The first kappa shape index (κ1) is 12.8. The van der Waals surface area contributed by atoms with E-state index < -0.39 is 0 Å². The number of hydrogen-bond acceptors (Lipinski definition) is 2. The van der Waals surface area contributed by atoms with E-state index in [9.17, 15) is 4.79 Å². The van der Waals surface area contributed by atoms with E-state index in [1.807, 2.05) is 31.2 Å². The minimum Gasteiger partial charge on any atom is -0.426 e. The van der Waals surface area contributed by atoms with Gasteiger partial charge in [0, 0.05) is 0 Å². The highest BCUT2D eigenvalue weighted by Crippen LogP contribution is 2.20. The average molecular weight is 220 g/mol. The van der Waals surface area contributed by atoms with Crippen molar-refractivity contribution in [2.24, 2.45) is 5.92 Å². The maximum Gasteiger partial charge on any atom is 0.314 e. The van der Waals surface area contributed by atoms with Crippen LogP contribution < -0.4 is 4.74 Å². The summed E-state index contributed by atoms with van der Waals surface area (Å²) in [6.45, 7) is 6.05. The third kappa shape index (κ3) is 3.37. The highest BCUT2D eigenvalue weighted by atomic mass is 16.5. The summed E-state index contributed by atoms with van der Waals surface area (Å²) in [5, 5.41) is 0. The Bertz CT molecular complexity index is 344. The van der Waals surface area contributed by atoms with Crippen molar-refractivity contribution >= 4 is 5.97 Å². The molecule has 88 valence electrons. The normalized spacial score (nSPS) is 12.2. The lowest BCUT2D eigenvalue weighted by Gasteiger charge is -2.12. The molecule has 0 amide bonds. The molecule has 0 aromatic heterocycles. The second-order valence-corrected chi connectivity index (χ2v) is 4.07. The van der Waals surface area contributed by atoms with Gasteiger partial charge in [-0.3, -0.25) is 4.79 Å². The number of carbonyl (C=O) groups excluding carboxylic acids is 1.